The van der Waals surface area contributed by atoms with E-state index >= 15 is 0 Å². The van der Waals surface area contributed by atoms with Crippen LogP contribution in [0.2, 0.25) is 0 Å². The fourth-order valence-electron chi connectivity index (χ4n) is 1.60. The molecule has 0 saturated carbocycles. The van der Waals surface area contributed by atoms with Gasteiger partial charge in [-0.05, 0) is 32.9 Å². The van der Waals surface area contributed by atoms with Crippen LogP contribution in [0.3, 0.4) is 0 Å². The molecule has 0 aliphatic rings. The highest BCUT2D eigenvalue weighted by molar-refractivity contribution is 5.99. The molecule has 0 aromatic heterocycles. The molecule has 4 nitrogen and oxygen atoms in total. The van der Waals surface area contributed by atoms with Gasteiger partial charge in [0.1, 0.15) is 17.5 Å². The first kappa shape index (κ1) is 14.9. The largest absolute Gasteiger partial charge is 0.491 e. The molecule has 0 aliphatic carbocycles. The van der Waals surface area contributed by atoms with E-state index < -0.39 is 5.92 Å². The monoisotopic (exact) mass is 259 g/mol. The Morgan fingerprint density at radius 2 is 2.05 bits per heavy atom. The predicted molar refractivity (Wildman–Crippen MR) is 70.9 cm³/mol. The number of hydrogen-bond donors (Lipinski definition) is 0. The molecule has 0 N–H and O–H groups in total. The Morgan fingerprint density at radius 3 is 2.58 bits per heavy atom. The van der Waals surface area contributed by atoms with E-state index in [2.05, 4.69) is 0 Å². The number of benzene rings is 1. The number of ether oxygens (including phenoxy) is 1. The van der Waals surface area contributed by atoms with Crippen molar-refractivity contribution in [2.75, 3.05) is 0 Å². The van der Waals surface area contributed by atoms with Gasteiger partial charge in [0.15, 0.2) is 5.78 Å². The van der Waals surface area contributed by atoms with Gasteiger partial charge in [0.05, 0.1) is 12.2 Å². The molecule has 0 saturated heterocycles. The molecule has 1 rings (SSSR count). The summed E-state index contributed by atoms with van der Waals surface area (Å²) in [6.45, 7) is 5.12. The van der Waals surface area contributed by atoms with Gasteiger partial charge in [-0.2, -0.15) is 5.26 Å². The van der Waals surface area contributed by atoms with Gasteiger partial charge in [-0.3, -0.25) is 9.59 Å². The van der Waals surface area contributed by atoms with E-state index in [0.717, 1.165) is 0 Å². The molecule has 1 aromatic rings. The summed E-state index contributed by atoms with van der Waals surface area (Å²) < 4.78 is 5.50. The molecule has 0 bridgehead atoms. The van der Waals surface area contributed by atoms with E-state index in [-0.39, 0.29) is 24.1 Å². The van der Waals surface area contributed by atoms with Crippen LogP contribution in [0.1, 0.15) is 37.6 Å². The molecule has 0 aliphatic heterocycles. The van der Waals surface area contributed by atoms with Gasteiger partial charge in [0.2, 0.25) is 0 Å². The van der Waals surface area contributed by atoms with Gasteiger partial charge in [-0.25, -0.2) is 0 Å². The van der Waals surface area contributed by atoms with Gasteiger partial charge in [0.25, 0.3) is 0 Å². The Bertz CT molecular complexity index is 514. The van der Waals surface area contributed by atoms with Crippen LogP contribution < -0.4 is 4.74 Å². The summed E-state index contributed by atoms with van der Waals surface area (Å²) >= 11 is 0. The van der Waals surface area contributed by atoms with Crippen molar-refractivity contribution in [2.45, 2.75) is 33.3 Å². The highest BCUT2D eigenvalue weighted by Gasteiger charge is 2.19. The van der Waals surface area contributed by atoms with E-state index in [0.29, 0.717) is 11.3 Å². The van der Waals surface area contributed by atoms with Gasteiger partial charge in [-0.1, -0.05) is 12.1 Å². The molecule has 0 heterocycles. The van der Waals surface area contributed by atoms with Crippen molar-refractivity contribution in [2.24, 2.45) is 5.92 Å². The molecule has 1 unspecified atom stereocenters. The number of nitriles is 1. The van der Waals surface area contributed by atoms with Crippen LogP contribution in [-0.4, -0.2) is 17.7 Å². The average Bonchev–Trinajstić information content (AvgIpc) is 2.34. The van der Waals surface area contributed by atoms with Crippen LogP contribution in [0.25, 0.3) is 0 Å². The van der Waals surface area contributed by atoms with Gasteiger partial charge < -0.3 is 4.74 Å². The Kier molecular flexibility index (Phi) is 5.25. The first-order valence-electron chi connectivity index (χ1n) is 6.14. The van der Waals surface area contributed by atoms with Crippen molar-refractivity contribution in [1.29, 1.82) is 5.26 Å². The number of ketones is 2. The first-order valence-corrected chi connectivity index (χ1v) is 6.14. The van der Waals surface area contributed by atoms with E-state index in [1.54, 1.807) is 24.3 Å². The minimum absolute atomic E-state index is 0.0226. The quantitative estimate of drug-likeness (QED) is 0.737. The lowest BCUT2D eigenvalue weighted by molar-refractivity contribution is -0.119. The molecule has 0 spiro atoms. The van der Waals surface area contributed by atoms with E-state index in [1.165, 1.54) is 6.92 Å². The molecule has 1 aromatic carbocycles. The Labute approximate surface area is 113 Å². The van der Waals surface area contributed by atoms with Crippen molar-refractivity contribution in [3.63, 3.8) is 0 Å². The fourth-order valence-corrected chi connectivity index (χ4v) is 1.60. The molecule has 0 fully saturated rings. The lowest BCUT2D eigenvalue weighted by atomic mass is 9.96. The predicted octanol–water partition coefficient (Wildman–Crippen LogP) is 2.78. The molecule has 0 radical (unpaired) electrons. The lowest BCUT2D eigenvalue weighted by Crippen LogP contribution is -2.14. The summed E-state index contributed by atoms with van der Waals surface area (Å²) in [6.07, 6.45) is -0.0637. The van der Waals surface area contributed by atoms with Crippen LogP contribution in [0.4, 0.5) is 0 Å². The minimum atomic E-state index is -0.873. The molecule has 1 atom stereocenters. The maximum Gasteiger partial charge on any atom is 0.164 e. The van der Waals surface area contributed by atoms with Crippen molar-refractivity contribution in [3.8, 4) is 11.8 Å². The summed E-state index contributed by atoms with van der Waals surface area (Å²) in [7, 11) is 0. The summed E-state index contributed by atoms with van der Waals surface area (Å²) in [5.41, 5.74) is 0.458. The SMILES string of the molecule is CC(=O)C(C#N)CC(=O)c1cccc(OC(C)C)c1. The zero-order valence-electron chi connectivity index (χ0n) is 11.3. The second kappa shape index (κ2) is 6.69. The topological polar surface area (TPSA) is 67.2 Å². The maximum absolute atomic E-state index is 12.0. The van der Waals surface area contributed by atoms with Crippen LogP contribution in [0.15, 0.2) is 24.3 Å². The van der Waals surface area contributed by atoms with Gasteiger partial charge in [-0.15, -0.1) is 0 Å². The van der Waals surface area contributed by atoms with E-state index in [4.69, 9.17) is 10.00 Å². The van der Waals surface area contributed by atoms with Crippen molar-refractivity contribution in [3.05, 3.63) is 29.8 Å². The van der Waals surface area contributed by atoms with Crippen LogP contribution in [0, 0.1) is 17.2 Å². The lowest BCUT2D eigenvalue weighted by Gasteiger charge is -2.11. The smallest absolute Gasteiger partial charge is 0.164 e. The zero-order chi connectivity index (χ0) is 14.4. The van der Waals surface area contributed by atoms with Crippen LogP contribution in [-0.2, 0) is 4.79 Å². The van der Waals surface area contributed by atoms with Crippen molar-refractivity contribution in [1.82, 2.24) is 0 Å². The molecule has 0 amide bonds. The normalized spacial score (nSPS) is 11.7. The number of carbonyl (C=O) groups is 2. The third-order valence-electron chi connectivity index (χ3n) is 2.56. The minimum Gasteiger partial charge on any atom is -0.491 e. The number of nitrogens with zero attached hydrogens (tertiary/aromatic N) is 1. The summed E-state index contributed by atoms with van der Waals surface area (Å²) in [5.74, 6) is -0.777. The first-order chi connectivity index (χ1) is 8.93. The number of rotatable bonds is 6. The number of carbonyl (C=O) groups excluding carboxylic acids is 2. The van der Waals surface area contributed by atoms with Gasteiger partial charge in [0, 0.05) is 12.0 Å². The zero-order valence-corrected chi connectivity index (χ0v) is 11.3. The van der Waals surface area contributed by atoms with Crippen molar-refractivity contribution >= 4 is 11.6 Å². The van der Waals surface area contributed by atoms with Crippen LogP contribution >= 0.6 is 0 Å². The third-order valence-corrected chi connectivity index (χ3v) is 2.56. The number of Topliss-reactive ketones (excluding diaryl/α,β-unsaturated/α-hetero) is 2. The molecule has 19 heavy (non-hydrogen) atoms. The second-order valence-corrected chi connectivity index (χ2v) is 4.61. The Balaban J connectivity index is 2.83. The highest BCUT2D eigenvalue weighted by Crippen LogP contribution is 2.18. The molecule has 4 heteroatoms. The third kappa shape index (κ3) is 4.55. The van der Waals surface area contributed by atoms with E-state index in [1.807, 2.05) is 19.9 Å². The standard InChI is InChI=1S/C15H17NO3/c1-10(2)19-14-6-4-5-12(7-14)15(18)8-13(9-16)11(3)17/h4-7,10,13H,8H2,1-3H3. The highest BCUT2D eigenvalue weighted by atomic mass is 16.5. The summed E-state index contributed by atoms with van der Waals surface area (Å²) in [6, 6.07) is 8.63. The Morgan fingerprint density at radius 1 is 1.37 bits per heavy atom. The summed E-state index contributed by atoms with van der Waals surface area (Å²) in [4.78, 5) is 23.2. The molecular weight excluding hydrogens is 242 g/mol. The van der Waals surface area contributed by atoms with Gasteiger partial charge >= 0.3 is 0 Å². The summed E-state index contributed by atoms with van der Waals surface area (Å²) in [5, 5.41) is 8.82. The average molecular weight is 259 g/mol. The molecular formula is C15H17NO3. The number of hydrogen-bond acceptors (Lipinski definition) is 4. The maximum atomic E-state index is 12.0. The second-order valence-electron chi connectivity index (χ2n) is 4.61. The Hall–Kier alpha value is -2.15. The molecule has 100 valence electrons. The fraction of sp³-hybridized carbons (Fsp3) is 0.400. The van der Waals surface area contributed by atoms with E-state index in [9.17, 15) is 9.59 Å². The van der Waals surface area contributed by atoms with Crippen LogP contribution in [0.5, 0.6) is 5.75 Å². The van der Waals surface area contributed by atoms with Crippen molar-refractivity contribution < 1.29 is 14.3 Å².